The zero-order valence-corrected chi connectivity index (χ0v) is 11.3. The summed E-state index contributed by atoms with van der Waals surface area (Å²) in [6.07, 6.45) is 0.737. The van der Waals surface area contributed by atoms with E-state index in [2.05, 4.69) is 6.07 Å². The van der Waals surface area contributed by atoms with Crippen LogP contribution in [0.2, 0.25) is 0 Å². The van der Waals surface area contributed by atoms with Crippen molar-refractivity contribution in [1.29, 1.82) is 0 Å². The molecule has 3 rings (SSSR count). The molecule has 0 amide bonds. The highest BCUT2D eigenvalue weighted by Crippen LogP contribution is 2.31. The Bertz CT molecular complexity index is 702. The maximum Gasteiger partial charge on any atom is 0.134 e. The normalized spacial score (nSPS) is 13.0. The van der Waals surface area contributed by atoms with Crippen LogP contribution in [0.5, 0.6) is 0 Å². The third-order valence-electron chi connectivity index (χ3n) is 3.27. The summed E-state index contributed by atoms with van der Waals surface area (Å²) in [5, 5.41) is 2.83. The van der Waals surface area contributed by atoms with Crippen LogP contribution < -0.4 is 5.73 Å². The molecule has 1 aromatic carbocycles. The van der Waals surface area contributed by atoms with E-state index in [0.29, 0.717) is 5.58 Å². The Hall–Kier alpha value is -1.65. The molecule has 0 saturated heterocycles. The summed E-state index contributed by atoms with van der Waals surface area (Å²) in [4.78, 5) is 1.22. The van der Waals surface area contributed by atoms with Gasteiger partial charge in [0, 0.05) is 22.2 Å². The Kier molecular flexibility index (Phi) is 3.12. The number of thiophene rings is 1. The molecule has 19 heavy (non-hydrogen) atoms. The van der Waals surface area contributed by atoms with Crippen LogP contribution in [0.3, 0.4) is 0 Å². The number of halogens is 1. The molecule has 0 bridgehead atoms. The number of furan rings is 1. The molecule has 0 fully saturated rings. The highest BCUT2D eigenvalue weighted by atomic mass is 32.1. The largest absolute Gasteiger partial charge is 0.459 e. The van der Waals surface area contributed by atoms with Crippen LogP contribution in [0, 0.1) is 12.7 Å². The highest BCUT2D eigenvalue weighted by molar-refractivity contribution is 7.09. The fourth-order valence-electron chi connectivity index (χ4n) is 2.30. The molecule has 0 aliphatic heterocycles. The van der Waals surface area contributed by atoms with Crippen LogP contribution in [0.1, 0.15) is 22.2 Å². The van der Waals surface area contributed by atoms with E-state index >= 15 is 0 Å². The maximum absolute atomic E-state index is 13.3. The third-order valence-corrected chi connectivity index (χ3v) is 4.17. The van der Waals surface area contributed by atoms with E-state index in [9.17, 15) is 4.39 Å². The molecule has 2 aromatic heterocycles. The van der Waals surface area contributed by atoms with E-state index in [1.807, 2.05) is 18.4 Å². The number of fused-ring (bicyclic) bond motifs is 1. The summed E-state index contributed by atoms with van der Waals surface area (Å²) in [5.74, 6) is 0.490. The van der Waals surface area contributed by atoms with Gasteiger partial charge >= 0.3 is 0 Å². The first kappa shape index (κ1) is 12.4. The first-order chi connectivity index (χ1) is 9.15. The summed E-state index contributed by atoms with van der Waals surface area (Å²) in [5.41, 5.74) is 7.83. The van der Waals surface area contributed by atoms with Crippen molar-refractivity contribution in [3.63, 3.8) is 0 Å². The molecule has 2 N–H and O–H groups in total. The van der Waals surface area contributed by atoms with Crippen LogP contribution in [-0.2, 0) is 6.42 Å². The zero-order chi connectivity index (χ0) is 13.4. The van der Waals surface area contributed by atoms with Crippen molar-refractivity contribution < 1.29 is 8.81 Å². The van der Waals surface area contributed by atoms with Crippen molar-refractivity contribution in [2.45, 2.75) is 19.4 Å². The quantitative estimate of drug-likeness (QED) is 0.778. The van der Waals surface area contributed by atoms with Gasteiger partial charge in [-0.25, -0.2) is 4.39 Å². The molecule has 2 nitrogen and oxygen atoms in total. The minimum absolute atomic E-state index is 0.200. The summed E-state index contributed by atoms with van der Waals surface area (Å²) in [6, 6.07) is 8.42. The van der Waals surface area contributed by atoms with Gasteiger partial charge in [-0.2, -0.15) is 0 Å². The van der Waals surface area contributed by atoms with Gasteiger partial charge in [-0.1, -0.05) is 6.07 Å². The van der Waals surface area contributed by atoms with Crippen LogP contribution in [0.15, 0.2) is 40.1 Å². The Morgan fingerprint density at radius 3 is 2.95 bits per heavy atom. The molecule has 1 unspecified atom stereocenters. The van der Waals surface area contributed by atoms with Crippen LogP contribution >= 0.6 is 11.3 Å². The Labute approximate surface area is 114 Å². The lowest BCUT2D eigenvalue weighted by Gasteiger charge is -2.08. The van der Waals surface area contributed by atoms with Gasteiger partial charge in [-0.15, -0.1) is 11.3 Å². The molecule has 0 radical (unpaired) electrons. The van der Waals surface area contributed by atoms with Gasteiger partial charge in [0.2, 0.25) is 0 Å². The number of aryl methyl sites for hydroxylation is 1. The Balaban J connectivity index is 1.98. The second kappa shape index (κ2) is 4.79. The van der Waals surface area contributed by atoms with E-state index in [-0.39, 0.29) is 11.9 Å². The number of nitrogens with two attached hydrogens (primary N) is 1. The maximum atomic E-state index is 13.3. The Morgan fingerprint density at radius 2 is 2.21 bits per heavy atom. The number of benzene rings is 1. The topological polar surface area (TPSA) is 39.2 Å². The van der Waals surface area contributed by atoms with E-state index in [0.717, 1.165) is 23.1 Å². The van der Waals surface area contributed by atoms with Crippen molar-refractivity contribution in [2.75, 3.05) is 0 Å². The predicted octanol–water partition coefficient (Wildman–Crippen LogP) is 4.18. The molecule has 0 aliphatic rings. The van der Waals surface area contributed by atoms with Gasteiger partial charge in [0.15, 0.2) is 0 Å². The first-order valence-electron chi connectivity index (χ1n) is 6.11. The van der Waals surface area contributed by atoms with Crippen LogP contribution in [0.25, 0.3) is 11.0 Å². The van der Waals surface area contributed by atoms with E-state index in [1.165, 1.54) is 17.0 Å². The van der Waals surface area contributed by atoms with Gasteiger partial charge in [-0.05, 0) is 36.6 Å². The number of hydrogen-bond donors (Lipinski definition) is 1. The first-order valence-corrected chi connectivity index (χ1v) is 6.99. The van der Waals surface area contributed by atoms with E-state index < -0.39 is 0 Å². The molecule has 0 saturated carbocycles. The average molecular weight is 275 g/mol. The summed E-state index contributed by atoms with van der Waals surface area (Å²) >= 11 is 1.68. The molecule has 0 aliphatic carbocycles. The molecule has 0 spiro atoms. The number of hydrogen-bond acceptors (Lipinski definition) is 3. The zero-order valence-electron chi connectivity index (χ0n) is 10.5. The van der Waals surface area contributed by atoms with E-state index in [4.69, 9.17) is 10.2 Å². The standard InChI is InChI=1S/C15H14FNOS/c1-9-12-7-10(16)4-5-14(12)18-15(9)13(17)8-11-3-2-6-19-11/h2-7,13H,8,17H2,1H3. The minimum Gasteiger partial charge on any atom is -0.459 e. The predicted molar refractivity (Wildman–Crippen MR) is 75.9 cm³/mol. The monoisotopic (exact) mass is 275 g/mol. The van der Waals surface area contributed by atoms with Crippen molar-refractivity contribution in [2.24, 2.45) is 5.73 Å². The lowest BCUT2D eigenvalue weighted by Crippen LogP contribution is -2.12. The van der Waals surface area contributed by atoms with Gasteiger partial charge < -0.3 is 10.2 Å². The van der Waals surface area contributed by atoms with Gasteiger partial charge in [0.05, 0.1) is 6.04 Å². The second-order valence-corrected chi connectivity index (χ2v) is 5.65. The van der Waals surface area contributed by atoms with Crippen LogP contribution in [-0.4, -0.2) is 0 Å². The van der Waals surface area contributed by atoms with Gasteiger partial charge in [0.25, 0.3) is 0 Å². The summed E-state index contributed by atoms with van der Waals surface area (Å²) < 4.78 is 19.0. The molecular formula is C15H14FNOS. The smallest absolute Gasteiger partial charge is 0.134 e. The SMILES string of the molecule is Cc1c(C(N)Cc2cccs2)oc2ccc(F)cc12. The average Bonchev–Trinajstić information content (AvgIpc) is 2.98. The van der Waals surface area contributed by atoms with Gasteiger partial charge in [-0.3, -0.25) is 0 Å². The summed E-state index contributed by atoms with van der Waals surface area (Å²) in [7, 11) is 0. The minimum atomic E-state index is -0.255. The van der Waals surface area contributed by atoms with Gasteiger partial charge in [0.1, 0.15) is 17.2 Å². The molecule has 1 atom stereocenters. The molecular weight excluding hydrogens is 261 g/mol. The van der Waals surface area contributed by atoms with E-state index in [1.54, 1.807) is 17.4 Å². The van der Waals surface area contributed by atoms with Crippen molar-refractivity contribution >= 4 is 22.3 Å². The molecule has 98 valence electrons. The number of rotatable bonds is 3. The lowest BCUT2D eigenvalue weighted by molar-refractivity contribution is 0.491. The molecule has 4 heteroatoms. The molecule has 2 heterocycles. The fourth-order valence-corrected chi connectivity index (χ4v) is 3.07. The van der Waals surface area contributed by atoms with Crippen molar-refractivity contribution in [3.8, 4) is 0 Å². The highest BCUT2D eigenvalue weighted by Gasteiger charge is 2.18. The second-order valence-electron chi connectivity index (χ2n) is 4.62. The van der Waals surface area contributed by atoms with Crippen molar-refractivity contribution in [3.05, 3.63) is 57.7 Å². The lowest BCUT2D eigenvalue weighted by atomic mass is 10.1. The molecule has 3 aromatic rings. The Morgan fingerprint density at radius 1 is 1.37 bits per heavy atom. The summed E-state index contributed by atoms with van der Waals surface area (Å²) in [6.45, 7) is 1.93. The third kappa shape index (κ3) is 2.29. The van der Waals surface area contributed by atoms with Crippen molar-refractivity contribution in [1.82, 2.24) is 0 Å². The van der Waals surface area contributed by atoms with Crippen LogP contribution in [0.4, 0.5) is 4.39 Å². The fraction of sp³-hybridized carbons (Fsp3) is 0.200.